The molecule has 112 valence electrons. The predicted molar refractivity (Wildman–Crippen MR) is 81.6 cm³/mol. The first-order chi connectivity index (χ1) is 10.2. The molecule has 2 atom stereocenters. The first kappa shape index (κ1) is 14.2. The molecule has 0 bridgehead atoms. The second-order valence-corrected chi connectivity index (χ2v) is 6.27. The molecular formula is C14H18N4O2S. The molecule has 1 saturated carbocycles. The van der Waals surface area contributed by atoms with E-state index in [0.717, 1.165) is 25.7 Å². The summed E-state index contributed by atoms with van der Waals surface area (Å²) in [7, 11) is 0. The maximum Gasteiger partial charge on any atom is 0.271 e. The largest absolute Gasteiger partial charge is 0.349 e. The number of nitrogens with one attached hydrogen (secondary N) is 1. The first-order valence-corrected chi connectivity index (χ1v) is 8.04. The quantitative estimate of drug-likeness (QED) is 0.885. The van der Waals surface area contributed by atoms with Gasteiger partial charge in [0.1, 0.15) is 5.56 Å². The molecular weight excluding hydrogens is 288 g/mol. The van der Waals surface area contributed by atoms with Gasteiger partial charge in [0.25, 0.3) is 11.5 Å². The van der Waals surface area contributed by atoms with Crippen LogP contribution < -0.4 is 16.6 Å². The molecule has 0 spiro atoms. The van der Waals surface area contributed by atoms with Crippen molar-refractivity contribution in [2.24, 2.45) is 11.7 Å². The lowest BCUT2D eigenvalue weighted by Crippen LogP contribution is -2.46. The second kappa shape index (κ2) is 5.95. The van der Waals surface area contributed by atoms with Crippen LogP contribution in [0.25, 0.3) is 4.96 Å². The van der Waals surface area contributed by atoms with Gasteiger partial charge < -0.3 is 11.1 Å². The number of fused-ring (bicyclic) bond motifs is 1. The summed E-state index contributed by atoms with van der Waals surface area (Å²) in [4.78, 5) is 29.4. The Hall–Kier alpha value is -1.73. The molecule has 7 heteroatoms. The van der Waals surface area contributed by atoms with Gasteiger partial charge in [-0.2, -0.15) is 0 Å². The lowest BCUT2D eigenvalue weighted by Gasteiger charge is -2.31. The van der Waals surface area contributed by atoms with Crippen LogP contribution in [0.4, 0.5) is 0 Å². The highest BCUT2D eigenvalue weighted by Crippen LogP contribution is 2.23. The molecule has 3 N–H and O–H groups in total. The SMILES string of the molecule is NC[C@@H]1CCCC[C@H]1NC(=O)c1cnc2sccn2c1=O. The Morgan fingerprint density at radius 3 is 3.10 bits per heavy atom. The van der Waals surface area contributed by atoms with E-state index in [4.69, 9.17) is 5.73 Å². The van der Waals surface area contributed by atoms with Crippen molar-refractivity contribution in [1.29, 1.82) is 0 Å². The fourth-order valence-corrected chi connectivity index (χ4v) is 3.58. The molecule has 2 aromatic rings. The van der Waals surface area contributed by atoms with Gasteiger partial charge in [0, 0.05) is 23.8 Å². The van der Waals surface area contributed by atoms with Gasteiger partial charge in [-0.05, 0) is 25.3 Å². The number of carbonyl (C=O) groups excluding carboxylic acids is 1. The van der Waals surface area contributed by atoms with Gasteiger partial charge in [-0.15, -0.1) is 11.3 Å². The highest BCUT2D eigenvalue weighted by atomic mass is 32.1. The van der Waals surface area contributed by atoms with Crippen LogP contribution >= 0.6 is 11.3 Å². The summed E-state index contributed by atoms with van der Waals surface area (Å²) in [6.45, 7) is 0.561. The number of aromatic nitrogens is 2. The Labute approximate surface area is 126 Å². The molecule has 0 saturated heterocycles. The van der Waals surface area contributed by atoms with E-state index in [9.17, 15) is 9.59 Å². The highest BCUT2D eigenvalue weighted by Gasteiger charge is 2.26. The lowest BCUT2D eigenvalue weighted by atomic mass is 9.84. The van der Waals surface area contributed by atoms with E-state index in [1.165, 1.54) is 21.9 Å². The smallest absolute Gasteiger partial charge is 0.271 e. The number of carbonyl (C=O) groups is 1. The van der Waals surface area contributed by atoms with Crippen molar-refractivity contribution in [2.45, 2.75) is 31.7 Å². The summed E-state index contributed by atoms with van der Waals surface area (Å²) in [6, 6.07) is 0.0545. The molecule has 0 unspecified atom stereocenters. The Morgan fingerprint density at radius 1 is 1.48 bits per heavy atom. The summed E-state index contributed by atoms with van der Waals surface area (Å²) in [6.07, 6.45) is 7.19. The van der Waals surface area contributed by atoms with E-state index < -0.39 is 0 Å². The predicted octanol–water partition coefficient (Wildman–Crippen LogP) is 1.00. The number of nitrogens with zero attached hydrogens (tertiary/aromatic N) is 2. The third kappa shape index (κ3) is 2.71. The van der Waals surface area contributed by atoms with Crippen molar-refractivity contribution in [2.75, 3.05) is 6.54 Å². The molecule has 2 heterocycles. The van der Waals surface area contributed by atoms with Crippen LogP contribution in [0.1, 0.15) is 36.0 Å². The van der Waals surface area contributed by atoms with Crippen molar-refractivity contribution in [3.63, 3.8) is 0 Å². The average Bonchev–Trinajstić information content (AvgIpc) is 2.97. The van der Waals surface area contributed by atoms with Gasteiger partial charge >= 0.3 is 0 Å². The fourth-order valence-electron chi connectivity index (χ4n) is 2.91. The molecule has 3 rings (SSSR count). The van der Waals surface area contributed by atoms with E-state index >= 15 is 0 Å². The Bertz CT molecular complexity index is 708. The third-order valence-corrected chi connectivity index (χ3v) is 4.89. The average molecular weight is 306 g/mol. The van der Waals surface area contributed by atoms with Gasteiger partial charge in [0.2, 0.25) is 0 Å². The summed E-state index contributed by atoms with van der Waals surface area (Å²) in [5.41, 5.74) is 5.54. The van der Waals surface area contributed by atoms with Crippen molar-refractivity contribution >= 4 is 22.2 Å². The van der Waals surface area contributed by atoms with Crippen LogP contribution in [0.15, 0.2) is 22.6 Å². The van der Waals surface area contributed by atoms with E-state index in [2.05, 4.69) is 10.3 Å². The maximum absolute atomic E-state index is 12.4. The van der Waals surface area contributed by atoms with Crippen molar-refractivity contribution in [3.8, 4) is 0 Å². The van der Waals surface area contributed by atoms with Gasteiger partial charge in [-0.3, -0.25) is 14.0 Å². The standard InChI is InChI=1S/C14H18N4O2S/c15-7-9-3-1-2-4-11(9)17-12(19)10-8-16-14-18(13(10)20)5-6-21-14/h5-6,8-9,11H,1-4,7,15H2,(H,17,19)/t9-,11+/m0/s1. The zero-order chi connectivity index (χ0) is 14.8. The maximum atomic E-state index is 12.4. The second-order valence-electron chi connectivity index (χ2n) is 5.39. The number of hydrogen-bond donors (Lipinski definition) is 2. The number of hydrogen-bond acceptors (Lipinski definition) is 5. The van der Waals surface area contributed by atoms with Crippen LogP contribution in [-0.4, -0.2) is 27.9 Å². The van der Waals surface area contributed by atoms with Crippen molar-refractivity contribution < 1.29 is 4.79 Å². The molecule has 1 aliphatic carbocycles. The summed E-state index contributed by atoms with van der Waals surface area (Å²) < 4.78 is 1.40. The molecule has 0 radical (unpaired) electrons. The molecule has 0 aliphatic heterocycles. The molecule has 1 fully saturated rings. The van der Waals surface area contributed by atoms with E-state index in [1.807, 2.05) is 0 Å². The van der Waals surface area contributed by atoms with E-state index in [0.29, 0.717) is 17.4 Å². The zero-order valence-electron chi connectivity index (χ0n) is 11.6. The van der Waals surface area contributed by atoms with Gasteiger partial charge in [0.05, 0.1) is 0 Å². The van der Waals surface area contributed by atoms with Crippen LogP contribution in [-0.2, 0) is 0 Å². The topological polar surface area (TPSA) is 89.5 Å². The van der Waals surface area contributed by atoms with Crippen LogP contribution in [0.2, 0.25) is 0 Å². The minimum Gasteiger partial charge on any atom is -0.349 e. The molecule has 21 heavy (non-hydrogen) atoms. The van der Waals surface area contributed by atoms with Crippen LogP contribution in [0, 0.1) is 5.92 Å². The Balaban J connectivity index is 1.83. The Morgan fingerprint density at radius 2 is 2.29 bits per heavy atom. The van der Waals surface area contributed by atoms with Crippen molar-refractivity contribution in [1.82, 2.24) is 14.7 Å². The molecule has 1 amide bonds. The zero-order valence-corrected chi connectivity index (χ0v) is 12.4. The first-order valence-electron chi connectivity index (χ1n) is 7.16. The van der Waals surface area contributed by atoms with Crippen LogP contribution in [0.5, 0.6) is 0 Å². The number of nitrogens with two attached hydrogens (primary N) is 1. The van der Waals surface area contributed by atoms with Crippen LogP contribution in [0.3, 0.4) is 0 Å². The van der Waals surface area contributed by atoms with Gasteiger partial charge in [-0.1, -0.05) is 12.8 Å². The van der Waals surface area contributed by atoms with Crippen molar-refractivity contribution in [3.05, 3.63) is 33.7 Å². The number of rotatable bonds is 3. The molecule has 2 aromatic heterocycles. The van der Waals surface area contributed by atoms with E-state index in [-0.39, 0.29) is 23.1 Å². The summed E-state index contributed by atoms with van der Waals surface area (Å²) in [5.74, 6) is -0.0539. The summed E-state index contributed by atoms with van der Waals surface area (Å²) >= 11 is 1.37. The van der Waals surface area contributed by atoms with Gasteiger partial charge in [-0.25, -0.2) is 4.98 Å². The lowest BCUT2D eigenvalue weighted by molar-refractivity contribution is 0.0906. The van der Waals surface area contributed by atoms with Gasteiger partial charge in [0.15, 0.2) is 4.96 Å². The molecule has 0 aromatic carbocycles. The molecule has 6 nitrogen and oxygen atoms in total. The minimum absolute atomic E-state index is 0.0545. The van der Waals surface area contributed by atoms with E-state index in [1.54, 1.807) is 11.6 Å². The fraction of sp³-hybridized carbons (Fsp3) is 0.500. The normalized spacial score (nSPS) is 22.3. The monoisotopic (exact) mass is 306 g/mol. The minimum atomic E-state index is -0.349. The number of thiazole rings is 1. The third-order valence-electron chi connectivity index (χ3n) is 4.12. The Kier molecular flexibility index (Phi) is 4.03. The number of amides is 1. The highest BCUT2D eigenvalue weighted by molar-refractivity contribution is 7.15. The molecule has 1 aliphatic rings. The summed E-state index contributed by atoms with van der Waals surface area (Å²) in [5, 5.41) is 4.74.